The molecular weight excluding hydrogens is 260 g/mol. The molecule has 4 nitrogen and oxygen atoms in total. The number of benzene rings is 1. The predicted octanol–water partition coefficient (Wildman–Crippen LogP) is 2.69. The fourth-order valence-corrected chi connectivity index (χ4v) is 2.50. The Kier molecular flexibility index (Phi) is 5.96. The van der Waals surface area contributed by atoms with Gasteiger partial charge >= 0.3 is 0 Å². The van der Waals surface area contributed by atoms with Crippen LogP contribution in [0.25, 0.3) is 0 Å². The third kappa shape index (κ3) is 4.69. The molecule has 1 N–H and O–H groups in total. The number of imidazole rings is 1. The number of nitrogens with zero attached hydrogens (tertiary/aromatic N) is 3. The van der Waals surface area contributed by atoms with Crippen LogP contribution in [0.3, 0.4) is 0 Å². The second kappa shape index (κ2) is 7.96. The molecule has 0 amide bonds. The first-order valence-corrected chi connectivity index (χ1v) is 7.63. The maximum Gasteiger partial charge on any atom is 0.122 e. The first-order chi connectivity index (χ1) is 10.2. The van der Waals surface area contributed by atoms with Crippen LogP contribution in [0.5, 0.6) is 0 Å². The highest BCUT2D eigenvalue weighted by Gasteiger charge is 2.13. The molecule has 0 bridgehead atoms. The zero-order valence-electron chi connectivity index (χ0n) is 13.3. The molecule has 1 heterocycles. The largest absolute Gasteiger partial charge is 0.334 e. The van der Waals surface area contributed by atoms with Gasteiger partial charge in [-0.2, -0.15) is 0 Å². The molecule has 114 valence electrons. The van der Waals surface area contributed by atoms with E-state index < -0.39 is 0 Å². The number of hydrogen-bond donors (Lipinski definition) is 1. The maximum absolute atomic E-state index is 4.47. The zero-order valence-corrected chi connectivity index (χ0v) is 13.3. The number of aromatic nitrogens is 2. The van der Waals surface area contributed by atoms with Crippen LogP contribution in [0.15, 0.2) is 42.7 Å². The molecule has 0 fully saturated rings. The van der Waals surface area contributed by atoms with Crippen molar-refractivity contribution in [3.63, 3.8) is 0 Å². The monoisotopic (exact) mass is 286 g/mol. The fourth-order valence-electron chi connectivity index (χ4n) is 2.50. The molecule has 0 radical (unpaired) electrons. The molecule has 0 saturated heterocycles. The van der Waals surface area contributed by atoms with Gasteiger partial charge in [-0.05, 0) is 26.1 Å². The number of hydrogen-bond acceptors (Lipinski definition) is 3. The summed E-state index contributed by atoms with van der Waals surface area (Å²) in [6.07, 6.45) is 5.07. The van der Waals surface area contributed by atoms with Crippen molar-refractivity contribution in [3.8, 4) is 0 Å². The van der Waals surface area contributed by atoms with E-state index in [9.17, 15) is 0 Å². The second-order valence-electron chi connectivity index (χ2n) is 5.64. The molecule has 2 aromatic rings. The van der Waals surface area contributed by atoms with Crippen molar-refractivity contribution in [3.05, 3.63) is 54.1 Å². The van der Waals surface area contributed by atoms with Gasteiger partial charge in [0.1, 0.15) is 5.82 Å². The van der Waals surface area contributed by atoms with Crippen molar-refractivity contribution in [2.45, 2.75) is 32.5 Å². The fraction of sp³-hybridized carbons (Fsp3) is 0.471. The molecule has 21 heavy (non-hydrogen) atoms. The van der Waals surface area contributed by atoms with E-state index in [-0.39, 0.29) is 0 Å². The maximum atomic E-state index is 4.47. The summed E-state index contributed by atoms with van der Waals surface area (Å²) in [6, 6.07) is 10.9. The Bertz CT molecular complexity index is 519. The predicted molar refractivity (Wildman–Crippen MR) is 87.1 cm³/mol. The third-order valence-electron chi connectivity index (χ3n) is 3.52. The lowest BCUT2D eigenvalue weighted by Gasteiger charge is -2.23. The van der Waals surface area contributed by atoms with Crippen molar-refractivity contribution in [2.24, 2.45) is 0 Å². The van der Waals surface area contributed by atoms with E-state index in [0.717, 1.165) is 31.9 Å². The summed E-state index contributed by atoms with van der Waals surface area (Å²) in [6.45, 7) is 4.98. The summed E-state index contributed by atoms with van der Waals surface area (Å²) in [5.41, 5.74) is 1.32. The average Bonchev–Trinajstić information content (AvgIpc) is 2.92. The number of aryl methyl sites for hydroxylation is 1. The first kappa shape index (κ1) is 15.7. The van der Waals surface area contributed by atoms with Crippen molar-refractivity contribution in [1.29, 1.82) is 0 Å². The highest BCUT2D eigenvalue weighted by molar-refractivity contribution is 5.19. The van der Waals surface area contributed by atoms with Crippen molar-refractivity contribution in [1.82, 2.24) is 19.8 Å². The molecule has 0 aliphatic heterocycles. The van der Waals surface area contributed by atoms with Gasteiger partial charge < -0.3 is 14.8 Å². The lowest BCUT2D eigenvalue weighted by molar-refractivity contribution is 0.337. The Morgan fingerprint density at radius 2 is 2.00 bits per heavy atom. The van der Waals surface area contributed by atoms with Crippen LogP contribution in [-0.4, -0.2) is 35.1 Å². The smallest absolute Gasteiger partial charge is 0.122 e. The first-order valence-electron chi connectivity index (χ1n) is 7.63. The highest BCUT2D eigenvalue weighted by atomic mass is 15.1. The summed E-state index contributed by atoms with van der Waals surface area (Å²) < 4.78 is 2.23. The van der Waals surface area contributed by atoms with Gasteiger partial charge in [-0.25, -0.2) is 4.98 Å². The summed E-state index contributed by atoms with van der Waals surface area (Å²) in [7, 11) is 4.21. The van der Waals surface area contributed by atoms with Crippen LogP contribution in [0.2, 0.25) is 0 Å². The van der Waals surface area contributed by atoms with E-state index in [2.05, 4.69) is 77.3 Å². The number of rotatable bonds is 8. The van der Waals surface area contributed by atoms with E-state index in [1.807, 2.05) is 6.20 Å². The van der Waals surface area contributed by atoms with Crippen LogP contribution in [0, 0.1) is 0 Å². The highest BCUT2D eigenvalue weighted by Crippen LogP contribution is 2.14. The van der Waals surface area contributed by atoms with Crippen LogP contribution in [-0.2, 0) is 13.1 Å². The molecule has 1 atom stereocenters. The number of likely N-dealkylation sites (N-methyl/N-ethyl adjacent to an activating group) is 1. The molecule has 1 aromatic carbocycles. The molecule has 0 spiro atoms. The molecule has 0 aliphatic carbocycles. The van der Waals surface area contributed by atoms with Gasteiger partial charge in [0.05, 0.1) is 6.54 Å². The Morgan fingerprint density at radius 1 is 1.24 bits per heavy atom. The van der Waals surface area contributed by atoms with Crippen LogP contribution in [0.1, 0.15) is 30.8 Å². The quantitative estimate of drug-likeness (QED) is 0.810. The summed E-state index contributed by atoms with van der Waals surface area (Å²) in [5.74, 6) is 1.11. The summed E-state index contributed by atoms with van der Waals surface area (Å²) >= 11 is 0. The summed E-state index contributed by atoms with van der Waals surface area (Å²) in [5, 5.41) is 3.64. The Morgan fingerprint density at radius 3 is 2.67 bits per heavy atom. The topological polar surface area (TPSA) is 33.1 Å². The van der Waals surface area contributed by atoms with E-state index in [0.29, 0.717) is 6.04 Å². The van der Waals surface area contributed by atoms with Gasteiger partial charge in [0, 0.05) is 31.5 Å². The minimum atomic E-state index is 0.313. The zero-order chi connectivity index (χ0) is 15.1. The van der Waals surface area contributed by atoms with Gasteiger partial charge in [0.2, 0.25) is 0 Å². The molecule has 2 rings (SSSR count). The SMILES string of the molecule is CCCn1ccnc1CNC(CN(C)C)c1ccccc1. The van der Waals surface area contributed by atoms with Gasteiger partial charge in [0.25, 0.3) is 0 Å². The normalized spacial score (nSPS) is 12.8. The second-order valence-corrected chi connectivity index (χ2v) is 5.64. The molecular formula is C17H26N4. The lowest BCUT2D eigenvalue weighted by Crippen LogP contribution is -2.31. The molecule has 0 aliphatic rings. The minimum absolute atomic E-state index is 0.313. The van der Waals surface area contributed by atoms with E-state index in [1.165, 1.54) is 5.56 Å². The van der Waals surface area contributed by atoms with Crippen molar-refractivity contribution in [2.75, 3.05) is 20.6 Å². The molecule has 1 unspecified atom stereocenters. The van der Waals surface area contributed by atoms with Gasteiger partial charge in [-0.1, -0.05) is 37.3 Å². The van der Waals surface area contributed by atoms with Crippen LogP contribution in [0.4, 0.5) is 0 Å². The Hall–Kier alpha value is -1.65. The van der Waals surface area contributed by atoms with Crippen molar-refractivity contribution >= 4 is 0 Å². The minimum Gasteiger partial charge on any atom is -0.334 e. The molecule has 4 heteroatoms. The van der Waals surface area contributed by atoms with Gasteiger partial charge in [-0.15, -0.1) is 0 Å². The van der Waals surface area contributed by atoms with E-state index in [1.54, 1.807) is 0 Å². The van der Waals surface area contributed by atoms with Crippen molar-refractivity contribution < 1.29 is 0 Å². The molecule has 1 aromatic heterocycles. The van der Waals surface area contributed by atoms with Gasteiger partial charge in [-0.3, -0.25) is 0 Å². The van der Waals surface area contributed by atoms with E-state index in [4.69, 9.17) is 0 Å². The van der Waals surface area contributed by atoms with Gasteiger partial charge in [0.15, 0.2) is 0 Å². The number of nitrogens with one attached hydrogen (secondary N) is 1. The lowest BCUT2D eigenvalue weighted by atomic mass is 10.1. The average molecular weight is 286 g/mol. The molecule has 0 saturated carbocycles. The van der Waals surface area contributed by atoms with E-state index >= 15 is 0 Å². The third-order valence-corrected chi connectivity index (χ3v) is 3.52. The Labute approximate surface area is 127 Å². The van der Waals surface area contributed by atoms with Crippen LogP contribution < -0.4 is 5.32 Å². The summed E-state index contributed by atoms with van der Waals surface area (Å²) in [4.78, 5) is 6.68. The standard InChI is InChI=1S/C17H26N4/c1-4-11-21-12-10-18-17(21)13-19-16(14-20(2)3)15-8-6-5-7-9-15/h5-10,12,16,19H,4,11,13-14H2,1-3H3. The Balaban J connectivity index is 2.03. The van der Waals surface area contributed by atoms with Crippen LogP contribution >= 0.6 is 0 Å².